The van der Waals surface area contributed by atoms with E-state index in [1.165, 1.54) is 19.2 Å². The maximum absolute atomic E-state index is 12.2. The minimum absolute atomic E-state index is 0.262. The number of rotatable bonds is 4. The number of fused-ring (bicyclic) bond motifs is 1. The van der Waals surface area contributed by atoms with Crippen LogP contribution in [0.3, 0.4) is 0 Å². The molecule has 0 saturated carbocycles. The molecule has 2 aromatic carbocycles. The Balaban J connectivity index is 1.84. The molecule has 0 spiro atoms. The number of nitrogens with zero attached hydrogens (tertiary/aromatic N) is 1. The lowest BCUT2D eigenvalue weighted by Crippen LogP contribution is -2.17. The average molecular weight is 349 g/mol. The standard InChI is InChI=1S/C18H14F3NO3/c1-24-17(23)14-5-4-13-8-9-22(16(13)10-14)11-12-2-6-15(7-3-12)25-18(19,20)21/h2-10H,11H2,1H3. The molecule has 0 unspecified atom stereocenters. The van der Waals surface area contributed by atoms with E-state index in [1.54, 1.807) is 24.3 Å². The van der Waals surface area contributed by atoms with Crippen LogP contribution in [0.4, 0.5) is 13.2 Å². The molecule has 7 heteroatoms. The van der Waals surface area contributed by atoms with Crippen molar-refractivity contribution in [1.29, 1.82) is 0 Å². The average Bonchev–Trinajstić information content (AvgIpc) is 2.97. The molecule has 0 amide bonds. The monoisotopic (exact) mass is 349 g/mol. The van der Waals surface area contributed by atoms with Crippen LogP contribution in [0.15, 0.2) is 54.7 Å². The second-order valence-corrected chi connectivity index (χ2v) is 5.40. The normalized spacial score (nSPS) is 11.5. The summed E-state index contributed by atoms with van der Waals surface area (Å²) in [6, 6.07) is 12.8. The van der Waals surface area contributed by atoms with Gasteiger partial charge in [-0.15, -0.1) is 13.2 Å². The number of hydrogen-bond donors (Lipinski definition) is 0. The van der Waals surface area contributed by atoms with Gasteiger partial charge in [-0.1, -0.05) is 18.2 Å². The number of halogens is 3. The maximum atomic E-state index is 12.2. The Morgan fingerprint density at radius 2 is 1.80 bits per heavy atom. The Hall–Kier alpha value is -2.96. The molecule has 0 atom stereocenters. The van der Waals surface area contributed by atoms with Crippen molar-refractivity contribution < 1.29 is 27.4 Å². The van der Waals surface area contributed by atoms with Crippen LogP contribution in [-0.2, 0) is 11.3 Å². The van der Waals surface area contributed by atoms with E-state index in [1.807, 2.05) is 22.9 Å². The third kappa shape index (κ3) is 3.93. The molecular weight excluding hydrogens is 335 g/mol. The van der Waals surface area contributed by atoms with Crippen molar-refractivity contribution in [2.75, 3.05) is 7.11 Å². The van der Waals surface area contributed by atoms with Gasteiger partial charge in [-0.3, -0.25) is 0 Å². The molecule has 4 nitrogen and oxygen atoms in total. The van der Waals surface area contributed by atoms with Gasteiger partial charge >= 0.3 is 12.3 Å². The van der Waals surface area contributed by atoms with Gasteiger partial charge in [0.2, 0.25) is 0 Å². The SMILES string of the molecule is COC(=O)c1ccc2ccn(Cc3ccc(OC(F)(F)F)cc3)c2c1. The molecule has 0 fully saturated rings. The van der Waals surface area contributed by atoms with Crippen molar-refractivity contribution in [2.45, 2.75) is 12.9 Å². The molecule has 1 aromatic heterocycles. The Labute approximate surface area is 141 Å². The molecule has 0 saturated heterocycles. The van der Waals surface area contributed by atoms with Crippen molar-refractivity contribution in [3.8, 4) is 5.75 Å². The van der Waals surface area contributed by atoms with Crippen LogP contribution < -0.4 is 4.74 Å². The molecule has 0 radical (unpaired) electrons. The smallest absolute Gasteiger partial charge is 0.465 e. The highest BCUT2D eigenvalue weighted by Gasteiger charge is 2.30. The van der Waals surface area contributed by atoms with Gasteiger partial charge in [0.05, 0.1) is 12.7 Å². The lowest BCUT2D eigenvalue weighted by atomic mass is 10.1. The summed E-state index contributed by atoms with van der Waals surface area (Å²) in [6.45, 7) is 0.445. The lowest BCUT2D eigenvalue weighted by Gasteiger charge is -2.10. The Morgan fingerprint density at radius 1 is 1.08 bits per heavy atom. The molecule has 0 aliphatic carbocycles. The number of ether oxygens (including phenoxy) is 2. The number of hydrogen-bond acceptors (Lipinski definition) is 3. The van der Waals surface area contributed by atoms with Crippen molar-refractivity contribution in [2.24, 2.45) is 0 Å². The Bertz CT molecular complexity index is 898. The van der Waals surface area contributed by atoms with Crippen LogP contribution in [0.5, 0.6) is 5.75 Å². The summed E-state index contributed by atoms with van der Waals surface area (Å²) in [5.74, 6) is -0.690. The van der Waals surface area contributed by atoms with Gasteiger partial charge in [0.25, 0.3) is 0 Å². The number of benzene rings is 2. The minimum Gasteiger partial charge on any atom is -0.465 e. The number of carbonyl (C=O) groups is 1. The predicted molar refractivity (Wildman–Crippen MR) is 85.5 cm³/mol. The zero-order valence-electron chi connectivity index (χ0n) is 13.2. The van der Waals surface area contributed by atoms with Crippen LogP contribution in [0.1, 0.15) is 15.9 Å². The molecule has 0 aliphatic heterocycles. The number of carbonyl (C=O) groups excluding carboxylic acids is 1. The van der Waals surface area contributed by atoms with Crippen molar-refractivity contribution >= 4 is 16.9 Å². The van der Waals surface area contributed by atoms with Crippen molar-refractivity contribution in [3.63, 3.8) is 0 Å². The summed E-state index contributed by atoms with van der Waals surface area (Å²) in [5, 5.41) is 0.949. The molecule has 0 bridgehead atoms. The first-order valence-electron chi connectivity index (χ1n) is 7.37. The van der Waals surface area contributed by atoms with E-state index in [4.69, 9.17) is 4.74 Å². The van der Waals surface area contributed by atoms with E-state index in [0.717, 1.165) is 16.5 Å². The maximum Gasteiger partial charge on any atom is 0.573 e. The summed E-state index contributed by atoms with van der Waals surface area (Å²) < 4.78 is 47.1. The van der Waals surface area contributed by atoms with Crippen LogP contribution in [0, 0.1) is 0 Å². The fourth-order valence-corrected chi connectivity index (χ4v) is 2.56. The highest BCUT2D eigenvalue weighted by molar-refractivity contribution is 5.94. The fraction of sp³-hybridized carbons (Fsp3) is 0.167. The summed E-state index contributed by atoms with van der Waals surface area (Å²) in [7, 11) is 1.32. The van der Waals surface area contributed by atoms with Gasteiger partial charge < -0.3 is 14.0 Å². The van der Waals surface area contributed by atoms with Gasteiger partial charge in [0.1, 0.15) is 5.75 Å². The van der Waals surface area contributed by atoms with Crippen LogP contribution in [0.25, 0.3) is 10.9 Å². The van der Waals surface area contributed by atoms with E-state index in [9.17, 15) is 18.0 Å². The largest absolute Gasteiger partial charge is 0.573 e. The van der Waals surface area contributed by atoms with Crippen molar-refractivity contribution in [3.05, 3.63) is 65.9 Å². The number of aromatic nitrogens is 1. The first-order chi connectivity index (χ1) is 11.9. The van der Waals surface area contributed by atoms with E-state index in [0.29, 0.717) is 12.1 Å². The van der Waals surface area contributed by atoms with Gasteiger partial charge in [-0.25, -0.2) is 4.79 Å². The van der Waals surface area contributed by atoms with E-state index in [2.05, 4.69) is 4.74 Å². The Morgan fingerprint density at radius 3 is 2.44 bits per heavy atom. The first kappa shape index (κ1) is 16.9. The molecular formula is C18H14F3NO3. The molecule has 3 rings (SSSR count). The second kappa shape index (κ2) is 6.51. The summed E-state index contributed by atoms with van der Waals surface area (Å²) in [6.07, 6.45) is -2.85. The quantitative estimate of drug-likeness (QED) is 0.657. The van der Waals surface area contributed by atoms with Crippen LogP contribution in [-0.4, -0.2) is 24.0 Å². The summed E-state index contributed by atoms with van der Waals surface area (Å²) >= 11 is 0. The van der Waals surface area contributed by atoms with E-state index in [-0.39, 0.29) is 5.75 Å². The second-order valence-electron chi connectivity index (χ2n) is 5.40. The van der Waals surface area contributed by atoms with Gasteiger partial charge in [-0.2, -0.15) is 0 Å². The molecule has 0 N–H and O–H groups in total. The number of alkyl halides is 3. The van der Waals surface area contributed by atoms with Gasteiger partial charge in [0.15, 0.2) is 0 Å². The molecule has 25 heavy (non-hydrogen) atoms. The van der Waals surface area contributed by atoms with Crippen molar-refractivity contribution in [1.82, 2.24) is 4.57 Å². The van der Waals surface area contributed by atoms with Gasteiger partial charge in [0, 0.05) is 18.3 Å². The third-order valence-corrected chi connectivity index (χ3v) is 3.70. The highest BCUT2D eigenvalue weighted by atomic mass is 19.4. The first-order valence-corrected chi connectivity index (χ1v) is 7.37. The predicted octanol–water partition coefficient (Wildman–Crippen LogP) is 4.37. The van der Waals surface area contributed by atoms with Crippen LogP contribution in [0.2, 0.25) is 0 Å². The zero-order valence-corrected chi connectivity index (χ0v) is 13.2. The summed E-state index contributed by atoms with van der Waals surface area (Å²) in [5.41, 5.74) is 2.07. The highest BCUT2D eigenvalue weighted by Crippen LogP contribution is 2.24. The topological polar surface area (TPSA) is 40.5 Å². The number of methoxy groups -OCH3 is 1. The lowest BCUT2D eigenvalue weighted by molar-refractivity contribution is -0.274. The molecule has 130 valence electrons. The van der Waals surface area contributed by atoms with Gasteiger partial charge in [-0.05, 0) is 41.3 Å². The number of esters is 1. The fourth-order valence-electron chi connectivity index (χ4n) is 2.56. The van der Waals surface area contributed by atoms with E-state index >= 15 is 0 Å². The third-order valence-electron chi connectivity index (χ3n) is 3.70. The minimum atomic E-state index is -4.71. The molecule has 1 heterocycles. The Kier molecular flexibility index (Phi) is 4.39. The summed E-state index contributed by atoms with van der Waals surface area (Å²) in [4.78, 5) is 11.7. The molecule has 3 aromatic rings. The van der Waals surface area contributed by atoms with E-state index < -0.39 is 12.3 Å². The zero-order chi connectivity index (χ0) is 18.0. The van der Waals surface area contributed by atoms with Crippen LogP contribution >= 0.6 is 0 Å². The molecule has 0 aliphatic rings.